The first-order valence-corrected chi connectivity index (χ1v) is 5.92. The zero-order chi connectivity index (χ0) is 11.0. The van der Waals surface area contributed by atoms with Crippen LogP contribution in [0.4, 0.5) is 0 Å². The van der Waals surface area contributed by atoms with Crippen LogP contribution in [0.5, 0.6) is 0 Å². The minimum Gasteiger partial charge on any atom is -0.310 e. The number of hydrogen-bond acceptors (Lipinski definition) is 1. The molecule has 0 amide bonds. The van der Waals surface area contributed by atoms with Gasteiger partial charge < -0.3 is 5.32 Å². The van der Waals surface area contributed by atoms with Crippen LogP contribution in [0.2, 0.25) is 0 Å². The van der Waals surface area contributed by atoms with Crippen molar-refractivity contribution >= 4 is 0 Å². The number of benzene rings is 1. The van der Waals surface area contributed by atoms with E-state index in [9.17, 15) is 0 Å². The Labute approximate surface area is 92.9 Å². The van der Waals surface area contributed by atoms with Crippen molar-refractivity contribution < 1.29 is 0 Å². The Hall–Kier alpha value is -0.820. The molecule has 0 aliphatic carbocycles. The van der Waals surface area contributed by atoms with Crippen LogP contribution in [0.25, 0.3) is 0 Å². The Balaban J connectivity index is 2.47. The molecule has 1 unspecified atom stereocenters. The Morgan fingerprint density at radius 3 is 2.40 bits per heavy atom. The maximum atomic E-state index is 3.59. The second-order valence-corrected chi connectivity index (χ2v) is 4.81. The smallest absolute Gasteiger partial charge is 0.0323 e. The molecule has 0 saturated carbocycles. The largest absolute Gasteiger partial charge is 0.310 e. The second-order valence-electron chi connectivity index (χ2n) is 4.81. The molecule has 1 fully saturated rings. The van der Waals surface area contributed by atoms with E-state index >= 15 is 0 Å². The molecule has 1 aliphatic rings. The van der Waals surface area contributed by atoms with Gasteiger partial charge in [-0.05, 0) is 74.9 Å². The minimum atomic E-state index is 0.600. The molecule has 1 nitrogen and oxygen atoms in total. The minimum absolute atomic E-state index is 0.600. The van der Waals surface area contributed by atoms with Crippen LogP contribution in [0.1, 0.15) is 46.7 Å². The average Bonchev–Trinajstić information content (AvgIpc) is 2.73. The number of aryl methyl sites for hydroxylation is 1. The summed E-state index contributed by atoms with van der Waals surface area (Å²) < 4.78 is 0. The molecule has 0 bridgehead atoms. The van der Waals surface area contributed by atoms with Gasteiger partial charge >= 0.3 is 0 Å². The zero-order valence-electron chi connectivity index (χ0n) is 10.3. The van der Waals surface area contributed by atoms with E-state index in [1.807, 2.05) is 0 Å². The average molecular weight is 203 g/mol. The molecule has 1 heteroatoms. The van der Waals surface area contributed by atoms with Crippen molar-refractivity contribution in [2.75, 3.05) is 6.54 Å². The van der Waals surface area contributed by atoms with E-state index in [0.717, 1.165) is 0 Å². The van der Waals surface area contributed by atoms with Crippen LogP contribution in [0.15, 0.2) is 6.07 Å². The van der Waals surface area contributed by atoms with Gasteiger partial charge in [-0.15, -0.1) is 0 Å². The third kappa shape index (κ3) is 1.81. The Morgan fingerprint density at radius 1 is 1.07 bits per heavy atom. The highest BCUT2D eigenvalue weighted by Crippen LogP contribution is 2.30. The molecule has 1 atom stereocenters. The molecule has 1 saturated heterocycles. The van der Waals surface area contributed by atoms with Crippen LogP contribution in [0.3, 0.4) is 0 Å². The first kappa shape index (κ1) is 10.7. The number of rotatable bonds is 1. The molecule has 1 aromatic carbocycles. The van der Waals surface area contributed by atoms with Gasteiger partial charge in [0.05, 0.1) is 0 Å². The summed E-state index contributed by atoms with van der Waals surface area (Å²) in [5, 5.41) is 3.59. The molecule has 1 heterocycles. The van der Waals surface area contributed by atoms with Crippen molar-refractivity contribution in [3.8, 4) is 0 Å². The molecular weight excluding hydrogens is 182 g/mol. The highest BCUT2D eigenvalue weighted by atomic mass is 14.9. The number of hydrogen-bond donors (Lipinski definition) is 1. The molecular formula is C14H21N. The summed E-state index contributed by atoms with van der Waals surface area (Å²) in [6, 6.07) is 2.98. The predicted molar refractivity (Wildman–Crippen MR) is 65.4 cm³/mol. The molecule has 0 aromatic heterocycles. The topological polar surface area (TPSA) is 12.0 Å². The van der Waals surface area contributed by atoms with Gasteiger partial charge in [-0.25, -0.2) is 0 Å². The SMILES string of the molecule is Cc1cc(C2CCCN2)c(C)c(C)c1C. The van der Waals surface area contributed by atoms with Crippen molar-refractivity contribution in [3.05, 3.63) is 33.9 Å². The number of nitrogens with one attached hydrogen (secondary N) is 1. The van der Waals surface area contributed by atoms with Crippen molar-refractivity contribution in [1.82, 2.24) is 5.32 Å². The molecule has 2 rings (SSSR count). The summed E-state index contributed by atoms with van der Waals surface area (Å²) in [4.78, 5) is 0. The third-order valence-electron chi connectivity index (χ3n) is 3.96. The summed E-state index contributed by atoms with van der Waals surface area (Å²) in [5.74, 6) is 0. The van der Waals surface area contributed by atoms with Crippen molar-refractivity contribution in [3.63, 3.8) is 0 Å². The molecule has 0 radical (unpaired) electrons. The Morgan fingerprint density at radius 2 is 1.80 bits per heavy atom. The fourth-order valence-corrected chi connectivity index (χ4v) is 2.56. The summed E-state index contributed by atoms with van der Waals surface area (Å²) in [5.41, 5.74) is 7.36. The third-order valence-corrected chi connectivity index (χ3v) is 3.96. The van der Waals surface area contributed by atoms with Gasteiger partial charge in [0.25, 0.3) is 0 Å². The van der Waals surface area contributed by atoms with E-state index in [4.69, 9.17) is 0 Å². The highest BCUT2D eigenvalue weighted by Gasteiger charge is 2.19. The molecule has 15 heavy (non-hydrogen) atoms. The summed E-state index contributed by atoms with van der Waals surface area (Å²) in [6.45, 7) is 10.1. The first-order chi connectivity index (χ1) is 7.11. The van der Waals surface area contributed by atoms with Crippen molar-refractivity contribution in [2.24, 2.45) is 0 Å². The van der Waals surface area contributed by atoms with Gasteiger partial charge in [-0.3, -0.25) is 0 Å². The molecule has 1 aliphatic heterocycles. The van der Waals surface area contributed by atoms with E-state index in [-0.39, 0.29) is 0 Å². The fourth-order valence-electron chi connectivity index (χ4n) is 2.56. The molecule has 1 N–H and O–H groups in total. The van der Waals surface area contributed by atoms with E-state index in [0.29, 0.717) is 6.04 Å². The van der Waals surface area contributed by atoms with Gasteiger partial charge in [0.2, 0.25) is 0 Å². The van der Waals surface area contributed by atoms with E-state index in [2.05, 4.69) is 39.1 Å². The van der Waals surface area contributed by atoms with Gasteiger partial charge in [0.15, 0.2) is 0 Å². The summed E-state index contributed by atoms with van der Waals surface area (Å²) in [6.07, 6.45) is 2.61. The lowest BCUT2D eigenvalue weighted by Crippen LogP contribution is -2.15. The van der Waals surface area contributed by atoms with Crippen molar-refractivity contribution in [1.29, 1.82) is 0 Å². The molecule has 82 valence electrons. The van der Waals surface area contributed by atoms with Crippen LogP contribution in [-0.4, -0.2) is 6.54 Å². The summed E-state index contributed by atoms with van der Waals surface area (Å²) in [7, 11) is 0. The summed E-state index contributed by atoms with van der Waals surface area (Å²) >= 11 is 0. The van der Waals surface area contributed by atoms with E-state index in [1.165, 1.54) is 47.2 Å². The van der Waals surface area contributed by atoms with Gasteiger partial charge in [-0.1, -0.05) is 6.07 Å². The van der Waals surface area contributed by atoms with Gasteiger partial charge in [-0.2, -0.15) is 0 Å². The lowest BCUT2D eigenvalue weighted by molar-refractivity contribution is 0.642. The normalized spacial score (nSPS) is 20.9. The van der Waals surface area contributed by atoms with Crippen LogP contribution in [0, 0.1) is 27.7 Å². The molecule has 1 aromatic rings. The van der Waals surface area contributed by atoms with Gasteiger partial charge in [0.1, 0.15) is 0 Å². The standard InChI is InChI=1S/C14H21N/c1-9-8-13(14-6-5-7-15-14)12(4)11(3)10(9)2/h8,14-15H,5-7H2,1-4H3. The van der Waals surface area contributed by atoms with Crippen LogP contribution < -0.4 is 5.32 Å². The van der Waals surface area contributed by atoms with Gasteiger partial charge in [0, 0.05) is 6.04 Å². The van der Waals surface area contributed by atoms with Crippen LogP contribution >= 0.6 is 0 Å². The quantitative estimate of drug-likeness (QED) is 0.738. The lowest BCUT2D eigenvalue weighted by Gasteiger charge is -2.19. The highest BCUT2D eigenvalue weighted by molar-refractivity contribution is 5.45. The Kier molecular flexibility index (Phi) is 2.83. The monoisotopic (exact) mass is 203 g/mol. The first-order valence-electron chi connectivity index (χ1n) is 5.92. The predicted octanol–water partition coefficient (Wildman–Crippen LogP) is 3.34. The van der Waals surface area contributed by atoms with Crippen LogP contribution in [-0.2, 0) is 0 Å². The molecule has 0 spiro atoms. The lowest BCUT2D eigenvalue weighted by atomic mass is 9.90. The second kappa shape index (κ2) is 3.97. The van der Waals surface area contributed by atoms with E-state index in [1.54, 1.807) is 0 Å². The Bertz CT molecular complexity index is 373. The maximum absolute atomic E-state index is 3.59. The fraction of sp³-hybridized carbons (Fsp3) is 0.571. The van der Waals surface area contributed by atoms with E-state index < -0.39 is 0 Å². The maximum Gasteiger partial charge on any atom is 0.0323 e. The zero-order valence-corrected chi connectivity index (χ0v) is 10.3. The van der Waals surface area contributed by atoms with Crippen molar-refractivity contribution in [2.45, 2.75) is 46.6 Å².